The normalized spacial score (nSPS) is 11.5. The fraction of sp³-hybridized carbons (Fsp3) is 0.467. The maximum absolute atomic E-state index is 13.8. The first kappa shape index (κ1) is 17.7. The zero-order valence-electron chi connectivity index (χ0n) is 13.3. The molecule has 0 unspecified atom stereocenters. The minimum atomic E-state index is -0.471. The number of amides is 3. The number of urea groups is 1. The molecule has 0 saturated heterocycles. The topological polar surface area (TPSA) is 70.7 Å². The Hall–Kier alpha value is -2.31. The van der Waals surface area contributed by atoms with Crippen LogP contribution in [0.1, 0.15) is 25.5 Å². The summed E-state index contributed by atoms with van der Waals surface area (Å²) in [6.07, 6.45) is 0. The van der Waals surface area contributed by atoms with Crippen LogP contribution in [0.5, 0.6) is 5.75 Å². The molecule has 0 radical (unpaired) electrons. The fourth-order valence-corrected chi connectivity index (χ4v) is 1.75. The van der Waals surface area contributed by atoms with Crippen LogP contribution in [-0.4, -0.2) is 44.1 Å². The SMILES string of the molecule is CCOc1ccc([C@@H](C)NC(=O)CNC(=O)N(C)C)cc1F. The van der Waals surface area contributed by atoms with Crippen LogP contribution in [0.15, 0.2) is 18.2 Å². The van der Waals surface area contributed by atoms with Crippen molar-refractivity contribution in [2.45, 2.75) is 19.9 Å². The Morgan fingerprint density at radius 1 is 1.36 bits per heavy atom. The van der Waals surface area contributed by atoms with E-state index in [1.807, 2.05) is 0 Å². The van der Waals surface area contributed by atoms with Crippen molar-refractivity contribution in [2.75, 3.05) is 27.2 Å². The second kappa shape index (κ2) is 8.21. The van der Waals surface area contributed by atoms with Gasteiger partial charge in [0.1, 0.15) is 0 Å². The summed E-state index contributed by atoms with van der Waals surface area (Å²) in [5, 5.41) is 5.15. The highest BCUT2D eigenvalue weighted by atomic mass is 19.1. The van der Waals surface area contributed by atoms with Gasteiger partial charge in [0.2, 0.25) is 5.91 Å². The van der Waals surface area contributed by atoms with Crippen LogP contribution in [0, 0.1) is 5.82 Å². The molecule has 0 spiro atoms. The lowest BCUT2D eigenvalue weighted by Crippen LogP contribution is -2.42. The average Bonchev–Trinajstić information content (AvgIpc) is 2.46. The van der Waals surface area contributed by atoms with Gasteiger partial charge in [-0.3, -0.25) is 4.79 Å². The third-order valence-corrected chi connectivity index (χ3v) is 2.94. The monoisotopic (exact) mass is 311 g/mol. The number of hydrogen-bond acceptors (Lipinski definition) is 3. The van der Waals surface area contributed by atoms with Crippen molar-refractivity contribution >= 4 is 11.9 Å². The first-order valence-corrected chi connectivity index (χ1v) is 7.02. The number of ether oxygens (including phenoxy) is 1. The Kier molecular flexibility index (Phi) is 6.62. The van der Waals surface area contributed by atoms with E-state index in [2.05, 4.69) is 10.6 Å². The molecule has 0 aromatic heterocycles. The molecule has 1 aromatic carbocycles. The summed E-state index contributed by atoms with van der Waals surface area (Å²) in [6, 6.07) is 3.82. The lowest BCUT2D eigenvalue weighted by atomic mass is 10.1. The Bertz CT molecular complexity index is 535. The largest absolute Gasteiger partial charge is 0.491 e. The van der Waals surface area contributed by atoms with Crippen LogP contribution in [0.4, 0.5) is 9.18 Å². The Labute approximate surface area is 129 Å². The Balaban J connectivity index is 2.57. The highest BCUT2D eigenvalue weighted by molar-refractivity contribution is 5.84. The van der Waals surface area contributed by atoms with Crippen LogP contribution >= 0.6 is 0 Å². The van der Waals surface area contributed by atoms with E-state index in [4.69, 9.17) is 4.74 Å². The molecule has 0 saturated carbocycles. The third kappa shape index (κ3) is 5.23. The van der Waals surface area contributed by atoms with Gasteiger partial charge in [0.25, 0.3) is 0 Å². The number of benzene rings is 1. The van der Waals surface area contributed by atoms with Crippen molar-refractivity contribution in [1.82, 2.24) is 15.5 Å². The molecule has 22 heavy (non-hydrogen) atoms. The van der Waals surface area contributed by atoms with Gasteiger partial charge in [-0.05, 0) is 31.5 Å². The minimum Gasteiger partial charge on any atom is -0.491 e. The van der Waals surface area contributed by atoms with Crippen molar-refractivity contribution in [3.05, 3.63) is 29.6 Å². The second-order valence-electron chi connectivity index (χ2n) is 4.97. The van der Waals surface area contributed by atoms with Crippen molar-refractivity contribution in [2.24, 2.45) is 0 Å². The lowest BCUT2D eigenvalue weighted by Gasteiger charge is -2.16. The van der Waals surface area contributed by atoms with E-state index in [9.17, 15) is 14.0 Å². The number of halogens is 1. The van der Waals surface area contributed by atoms with Crippen molar-refractivity contribution in [3.63, 3.8) is 0 Å². The first-order chi connectivity index (χ1) is 10.3. The molecule has 0 aliphatic heterocycles. The molecule has 0 fully saturated rings. The van der Waals surface area contributed by atoms with Crippen LogP contribution in [0.25, 0.3) is 0 Å². The van der Waals surface area contributed by atoms with Crippen LogP contribution in [-0.2, 0) is 4.79 Å². The van der Waals surface area contributed by atoms with Gasteiger partial charge in [-0.25, -0.2) is 9.18 Å². The number of nitrogens with one attached hydrogen (secondary N) is 2. The summed E-state index contributed by atoms with van der Waals surface area (Å²) in [6.45, 7) is 3.76. The number of hydrogen-bond donors (Lipinski definition) is 2. The Morgan fingerprint density at radius 2 is 2.05 bits per heavy atom. The molecule has 0 aliphatic rings. The zero-order valence-corrected chi connectivity index (χ0v) is 13.3. The number of rotatable bonds is 6. The molecule has 2 N–H and O–H groups in total. The highest BCUT2D eigenvalue weighted by Gasteiger charge is 2.13. The van der Waals surface area contributed by atoms with Gasteiger partial charge in [-0.1, -0.05) is 6.07 Å². The molecule has 0 bridgehead atoms. The van der Waals surface area contributed by atoms with Crippen LogP contribution in [0.3, 0.4) is 0 Å². The van der Waals surface area contributed by atoms with Crippen LogP contribution in [0.2, 0.25) is 0 Å². The quantitative estimate of drug-likeness (QED) is 0.839. The molecule has 1 atom stereocenters. The number of carbonyl (C=O) groups is 2. The van der Waals surface area contributed by atoms with E-state index in [1.165, 1.54) is 17.0 Å². The number of nitrogens with zero attached hydrogens (tertiary/aromatic N) is 1. The molecule has 1 aromatic rings. The van der Waals surface area contributed by atoms with Crippen molar-refractivity contribution in [3.8, 4) is 5.75 Å². The maximum atomic E-state index is 13.8. The predicted molar refractivity (Wildman–Crippen MR) is 81.2 cm³/mol. The molecule has 6 nitrogen and oxygen atoms in total. The van der Waals surface area contributed by atoms with E-state index in [-0.39, 0.29) is 30.3 Å². The zero-order chi connectivity index (χ0) is 16.7. The molecule has 3 amide bonds. The van der Waals surface area contributed by atoms with E-state index in [1.54, 1.807) is 34.0 Å². The van der Waals surface area contributed by atoms with Gasteiger partial charge in [-0.15, -0.1) is 0 Å². The summed E-state index contributed by atoms with van der Waals surface area (Å²) < 4.78 is 18.9. The lowest BCUT2D eigenvalue weighted by molar-refractivity contribution is -0.120. The van der Waals surface area contributed by atoms with Gasteiger partial charge >= 0.3 is 6.03 Å². The highest BCUT2D eigenvalue weighted by Crippen LogP contribution is 2.22. The minimum absolute atomic E-state index is 0.138. The second-order valence-corrected chi connectivity index (χ2v) is 4.97. The van der Waals surface area contributed by atoms with E-state index in [0.717, 1.165) is 0 Å². The van der Waals surface area contributed by atoms with Gasteiger partial charge in [0.05, 0.1) is 19.2 Å². The van der Waals surface area contributed by atoms with Crippen LogP contribution < -0.4 is 15.4 Å². The summed E-state index contributed by atoms with van der Waals surface area (Å²) >= 11 is 0. The Morgan fingerprint density at radius 3 is 2.59 bits per heavy atom. The molecule has 0 aliphatic carbocycles. The first-order valence-electron chi connectivity index (χ1n) is 7.02. The summed E-state index contributed by atoms with van der Waals surface area (Å²) in [5.74, 6) is -0.638. The van der Waals surface area contributed by atoms with Gasteiger partial charge in [0, 0.05) is 14.1 Å². The molecule has 0 heterocycles. The maximum Gasteiger partial charge on any atom is 0.317 e. The molecular weight excluding hydrogens is 289 g/mol. The molecular formula is C15H22FN3O3. The fourth-order valence-electron chi connectivity index (χ4n) is 1.75. The predicted octanol–water partition coefficient (Wildman–Crippen LogP) is 1.67. The third-order valence-electron chi connectivity index (χ3n) is 2.94. The van der Waals surface area contributed by atoms with Crippen molar-refractivity contribution < 1.29 is 18.7 Å². The van der Waals surface area contributed by atoms with Gasteiger partial charge in [0.15, 0.2) is 11.6 Å². The number of carbonyl (C=O) groups excluding carboxylic acids is 2. The summed E-state index contributed by atoms with van der Waals surface area (Å²) in [7, 11) is 3.16. The standard InChI is InChI=1S/C15H22FN3O3/c1-5-22-13-7-6-11(8-12(13)16)10(2)18-14(20)9-17-15(21)19(3)4/h6-8,10H,5,9H2,1-4H3,(H,17,21)(H,18,20)/t10-/m1/s1. The molecule has 1 rings (SSSR count). The van der Waals surface area contributed by atoms with E-state index < -0.39 is 5.82 Å². The van der Waals surface area contributed by atoms with Crippen molar-refractivity contribution in [1.29, 1.82) is 0 Å². The average molecular weight is 311 g/mol. The molecule has 122 valence electrons. The van der Waals surface area contributed by atoms with E-state index in [0.29, 0.717) is 12.2 Å². The smallest absolute Gasteiger partial charge is 0.317 e. The van der Waals surface area contributed by atoms with Gasteiger partial charge < -0.3 is 20.3 Å². The molecule has 7 heteroatoms. The van der Waals surface area contributed by atoms with E-state index >= 15 is 0 Å². The summed E-state index contributed by atoms with van der Waals surface area (Å²) in [4.78, 5) is 24.4. The summed E-state index contributed by atoms with van der Waals surface area (Å²) in [5.41, 5.74) is 0.619. The van der Waals surface area contributed by atoms with Gasteiger partial charge in [-0.2, -0.15) is 0 Å².